The van der Waals surface area contributed by atoms with E-state index in [9.17, 15) is 0 Å². The summed E-state index contributed by atoms with van der Waals surface area (Å²) in [5.74, 6) is 0. The molecule has 0 unspecified atom stereocenters. The average Bonchev–Trinajstić information content (AvgIpc) is 2.69. The van der Waals surface area contributed by atoms with E-state index >= 15 is 0 Å². The smallest absolute Gasteiger partial charge is 0.196 e. The molecule has 0 spiro atoms. The molecule has 0 saturated heterocycles. The van der Waals surface area contributed by atoms with E-state index in [2.05, 4.69) is 126 Å². The highest BCUT2D eigenvalue weighted by Crippen LogP contribution is 2.32. The summed E-state index contributed by atoms with van der Waals surface area (Å²) in [6.07, 6.45) is 4.36. The van der Waals surface area contributed by atoms with E-state index in [-0.39, 0.29) is 0 Å². The van der Waals surface area contributed by atoms with Gasteiger partial charge in [-0.3, -0.25) is 0 Å². The summed E-state index contributed by atoms with van der Waals surface area (Å²) >= 11 is 0. The summed E-state index contributed by atoms with van der Waals surface area (Å²) in [6, 6.07) is 18.2. The van der Waals surface area contributed by atoms with Gasteiger partial charge in [-0.25, -0.2) is 0 Å². The second-order valence-corrected chi connectivity index (χ2v) is 9.37. The van der Waals surface area contributed by atoms with E-state index in [1.165, 1.54) is 67.0 Å². The SMILES string of the molecule is Cc1cc(C)c(-c2cc[n+](C)c(-c3cc(-c4c(C)cc(C)cc4C)cc[n+]3C)c2)c(C)c1. The number of hydrogen-bond donors (Lipinski definition) is 0. The Morgan fingerprint density at radius 2 is 0.781 bits per heavy atom. The normalized spacial score (nSPS) is 11.1. The van der Waals surface area contributed by atoms with Gasteiger partial charge in [0.05, 0.1) is 0 Å². The van der Waals surface area contributed by atoms with Crippen LogP contribution in [0.15, 0.2) is 60.9 Å². The lowest BCUT2D eigenvalue weighted by molar-refractivity contribution is -0.690. The topological polar surface area (TPSA) is 7.76 Å². The van der Waals surface area contributed by atoms with Crippen molar-refractivity contribution in [1.82, 2.24) is 0 Å². The molecule has 0 aliphatic rings. The Bertz CT molecular complexity index is 1190. The summed E-state index contributed by atoms with van der Waals surface area (Å²) in [5.41, 5.74) is 15.5. The first kappa shape index (κ1) is 22.0. The van der Waals surface area contributed by atoms with Crippen molar-refractivity contribution in [1.29, 1.82) is 0 Å². The summed E-state index contributed by atoms with van der Waals surface area (Å²) in [4.78, 5) is 0. The highest BCUT2D eigenvalue weighted by atomic mass is 15.0. The molecule has 2 heterocycles. The van der Waals surface area contributed by atoms with Crippen LogP contribution in [0.3, 0.4) is 0 Å². The molecule has 0 atom stereocenters. The van der Waals surface area contributed by atoms with Crippen molar-refractivity contribution >= 4 is 0 Å². The fourth-order valence-electron chi connectivity index (χ4n) is 5.23. The quantitative estimate of drug-likeness (QED) is 0.348. The van der Waals surface area contributed by atoms with Crippen LogP contribution in [0.1, 0.15) is 33.4 Å². The van der Waals surface area contributed by atoms with Gasteiger partial charge in [-0.1, -0.05) is 35.4 Å². The average molecular weight is 423 g/mol. The number of aromatic nitrogens is 2. The standard InChI is InChI=1S/C30H34N2/c1-19-13-21(3)29(22(4)14-19)25-9-11-31(7)27(17-25)28-18-26(10-12-32(28)8)30-23(5)15-20(2)16-24(30)6/h9-18H,1-8H3/q+2. The molecular weight excluding hydrogens is 388 g/mol. The fraction of sp³-hybridized carbons (Fsp3) is 0.267. The predicted octanol–water partition coefficient (Wildman–Crippen LogP) is 6.19. The molecule has 0 fully saturated rings. The van der Waals surface area contributed by atoms with Gasteiger partial charge in [0.25, 0.3) is 11.4 Å². The molecule has 0 bridgehead atoms. The number of pyridine rings is 2. The van der Waals surface area contributed by atoms with E-state index in [1.54, 1.807) is 0 Å². The van der Waals surface area contributed by atoms with Crippen LogP contribution in [0, 0.1) is 41.5 Å². The second-order valence-electron chi connectivity index (χ2n) is 9.37. The van der Waals surface area contributed by atoms with Crippen LogP contribution in [0.4, 0.5) is 0 Å². The van der Waals surface area contributed by atoms with Gasteiger partial charge in [-0.15, -0.1) is 0 Å². The van der Waals surface area contributed by atoms with Crippen LogP contribution < -0.4 is 9.13 Å². The molecule has 2 heteroatoms. The molecular formula is C30H34N2+2. The van der Waals surface area contributed by atoms with Crippen LogP contribution in [0.2, 0.25) is 0 Å². The van der Waals surface area contributed by atoms with Gasteiger partial charge in [0.1, 0.15) is 14.1 Å². The molecule has 162 valence electrons. The number of rotatable bonds is 3. The van der Waals surface area contributed by atoms with Gasteiger partial charge in [0, 0.05) is 24.3 Å². The highest BCUT2D eigenvalue weighted by Gasteiger charge is 2.23. The zero-order valence-corrected chi connectivity index (χ0v) is 20.7. The lowest BCUT2D eigenvalue weighted by Gasteiger charge is -2.13. The van der Waals surface area contributed by atoms with Crippen LogP contribution in [0.5, 0.6) is 0 Å². The molecule has 2 aromatic carbocycles. The molecule has 0 radical (unpaired) electrons. The Balaban J connectivity index is 1.91. The summed E-state index contributed by atoms with van der Waals surface area (Å²) < 4.78 is 4.44. The minimum absolute atomic E-state index is 1.20. The van der Waals surface area contributed by atoms with E-state index < -0.39 is 0 Å². The van der Waals surface area contributed by atoms with Gasteiger partial charge < -0.3 is 0 Å². The molecule has 4 rings (SSSR count). The summed E-state index contributed by atoms with van der Waals surface area (Å²) in [7, 11) is 4.26. The first-order valence-electron chi connectivity index (χ1n) is 11.3. The van der Waals surface area contributed by atoms with Crippen LogP contribution >= 0.6 is 0 Å². The molecule has 0 N–H and O–H groups in total. The van der Waals surface area contributed by atoms with Crippen molar-refractivity contribution in [3.63, 3.8) is 0 Å². The minimum Gasteiger partial charge on any atom is -0.196 e. The minimum atomic E-state index is 1.20. The number of aryl methyl sites for hydroxylation is 8. The van der Waals surface area contributed by atoms with Gasteiger partial charge in [0.15, 0.2) is 12.4 Å². The summed E-state index contributed by atoms with van der Waals surface area (Å²) in [6.45, 7) is 13.2. The Kier molecular flexibility index (Phi) is 5.73. The lowest BCUT2D eigenvalue weighted by Crippen LogP contribution is -2.38. The van der Waals surface area contributed by atoms with Gasteiger partial charge in [0.2, 0.25) is 0 Å². The largest absolute Gasteiger partial charge is 0.277 e. The van der Waals surface area contributed by atoms with Crippen molar-refractivity contribution in [3.8, 4) is 33.6 Å². The zero-order chi connectivity index (χ0) is 23.2. The van der Waals surface area contributed by atoms with Gasteiger partial charge in [-0.05, 0) is 86.1 Å². The third kappa shape index (κ3) is 3.98. The van der Waals surface area contributed by atoms with Crippen LogP contribution in [-0.2, 0) is 14.1 Å². The van der Waals surface area contributed by atoms with Crippen molar-refractivity contribution in [2.45, 2.75) is 41.5 Å². The summed E-state index contributed by atoms with van der Waals surface area (Å²) in [5, 5.41) is 0. The number of nitrogens with zero attached hydrogens (tertiary/aromatic N) is 2. The molecule has 0 aliphatic heterocycles. The highest BCUT2D eigenvalue weighted by molar-refractivity contribution is 5.76. The predicted molar refractivity (Wildman–Crippen MR) is 134 cm³/mol. The number of benzene rings is 2. The van der Waals surface area contributed by atoms with E-state index in [4.69, 9.17) is 0 Å². The Morgan fingerprint density at radius 1 is 0.469 bits per heavy atom. The zero-order valence-electron chi connectivity index (χ0n) is 20.7. The van der Waals surface area contributed by atoms with E-state index in [1.807, 2.05) is 0 Å². The van der Waals surface area contributed by atoms with Gasteiger partial charge >= 0.3 is 0 Å². The monoisotopic (exact) mass is 422 g/mol. The van der Waals surface area contributed by atoms with Crippen molar-refractivity contribution in [3.05, 3.63) is 94.3 Å². The van der Waals surface area contributed by atoms with E-state index in [0.717, 1.165) is 0 Å². The maximum atomic E-state index is 2.33. The van der Waals surface area contributed by atoms with Crippen molar-refractivity contribution in [2.75, 3.05) is 0 Å². The molecule has 0 aliphatic carbocycles. The first-order chi connectivity index (χ1) is 15.2. The number of hydrogen-bond acceptors (Lipinski definition) is 0. The lowest BCUT2D eigenvalue weighted by atomic mass is 9.92. The van der Waals surface area contributed by atoms with Gasteiger partial charge in [-0.2, -0.15) is 9.13 Å². The van der Waals surface area contributed by atoms with E-state index in [0.29, 0.717) is 0 Å². The molecule has 2 aromatic heterocycles. The Morgan fingerprint density at radius 3 is 1.09 bits per heavy atom. The third-order valence-corrected chi connectivity index (χ3v) is 6.49. The molecule has 4 aromatic rings. The van der Waals surface area contributed by atoms with Crippen molar-refractivity contribution < 1.29 is 9.13 Å². The molecule has 0 amide bonds. The Hall–Kier alpha value is -3.26. The molecule has 32 heavy (non-hydrogen) atoms. The first-order valence-corrected chi connectivity index (χ1v) is 11.3. The van der Waals surface area contributed by atoms with Crippen molar-refractivity contribution in [2.24, 2.45) is 14.1 Å². The Labute approximate surface area is 192 Å². The van der Waals surface area contributed by atoms with Crippen LogP contribution in [-0.4, -0.2) is 0 Å². The maximum Gasteiger partial charge on any atom is 0.277 e. The maximum absolute atomic E-state index is 2.33. The fourth-order valence-corrected chi connectivity index (χ4v) is 5.23. The second kappa shape index (κ2) is 8.35. The third-order valence-electron chi connectivity index (χ3n) is 6.49. The molecule has 0 saturated carbocycles. The van der Waals surface area contributed by atoms with Crippen LogP contribution in [0.25, 0.3) is 33.6 Å². The molecule has 2 nitrogen and oxygen atoms in total.